The van der Waals surface area contributed by atoms with Crippen LogP contribution >= 0.6 is 23.1 Å². The number of thioether (sulfide) groups is 1. The number of thiophene rings is 1. The van der Waals surface area contributed by atoms with Crippen molar-refractivity contribution in [2.24, 2.45) is 0 Å². The van der Waals surface area contributed by atoms with E-state index >= 15 is 0 Å². The smallest absolute Gasteiger partial charge is 0.223 e. The second-order valence-corrected chi connectivity index (χ2v) is 7.19. The lowest BCUT2D eigenvalue weighted by molar-refractivity contribution is 0.639. The van der Waals surface area contributed by atoms with Gasteiger partial charge in [-0.2, -0.15) is 16.7 Å². The minimum atomic E-state index is 0.349. The van der Waals surface area contributed by atoms with Crippen LogP contribution < -0.4 is 11.1 Å². The van der Waals surface area contributed by atoms with E-state index in [1.54, 1.807) is 11.3 Å². The van der Waals surface area contributed by atoms with E-state index in [4.69, 9.17) is 5.73 Å². The van der Waals surface area contributed by atoms with Gasteiger partial charge in [0, 0.05) is 11.3 Å². The summed E-state index contributed by atoms with van der Waals surface area (Å²) in [6, 6.07) is 2.06. The molecule has 6 heteroatoms. The van der Waals surface area contributed by atoms with Gasteiger partial charge >= 0.3 is 0 Å². The van der Waals surface area contributed by atoms with Crippen LogP contribution in [0.15, 0.2) is 11.4 Å². The van der Waals surface area contributed by atoms with Crippen LogP contribution in [0.25, 0.3) is 10.2 Å². The Hall–Kier alpha value is -1.01. The van der Waals surface area contributed by atoms with E-state index < -0.39 is 0 Å². The van der Waals surface area contributed by atoms with Gasteiger partial charge in [-0.1, -0.05) is 12.8 Å². The molecule has 0 spiro atoms. The number of aromatic nitrogens is 2. The van der Waals surface area contributed by atoms with Crippen molar-refractivity contribution >= 4 is 45.1 Å². The Morgan fingerprint density at radius 2 is 2.21 bits per heavy atom. The number of anilines is 2. The average molecular weight is 294 g/mol. The summed E-state index contributed by atoms with van der Waals surface area (Å²) >= 11 is 3.58. The fourth-order valence-corrected chi connectivity index (χ4v) is 4.41. The van der Waals surface area contributed by atoms with E-state index in [1.807, 2.05) is 17.1 Å². The molecule has 1 saturated carbocycles. The minimum Gasteiger partial charge on any atom is -0.368 e. The third kappa shape index (κ3) is 2.51. The molecule has 2 heterocycles. The van der Waals surface area contributed by atoms with Gasteiger partial charge in [0.25, 0.3) is 0 Å². The molecule has 4 nitrogen and oxygen atoms in total. The van der Waals surface area contributed by atoms with Gasteiger partial charge in [-0.25, -0.2) is 4.98 Å². The molecule has 1 aliphatic rings. The summed E-state index contributed by atoms with van der Waals surface area (Å²) in [5.41, 5.74) is 5.77. The van der Waals surface area contributed by atoms with E-state index in [2.05, 4.69) is 27.6 Å². The lowest BCUT2D eigenvalue weighted by atomic mass is 10.1. The van der Waals surface area contributed by atoms with Crippen molar-refractivity contribution in [3.63, 3.8) is 0 Å². The molecular weight excluding hydrogens is 276 g/mol. The number of nitrogens with two attached hydrogens (primary N) is 1. The Morgan fingerprint density at radius 3 is 2.95 bits per heavy atom. The summed E-state index contributed by atoms with van der Waals surface area (Å²) < 4.78 is 0.363. The molecule has 0 unspecified atom stereocenters. The highest BCUT2D eigenvalue weighted by molar-refractivity contribution is 8.00. The van der Waals surface area contributed by atoms with Gasteiger partial charge in [0.05, 0.1) is 5.39 Å². The van der Waals surface area contributed by atoms with E-state index in [1.165, 1.54) is 25.7 Å². The van der Waals surface area contributed by atoms with Crippen LogP contribution in [0.4, 0.5) is 11.8 Å². The zero-order valence-corrected chi connectivity index (χ0v) is 12.6. The molecule has 0 amide bonds. The lowest BCUT2D eigenvalue weighted by Crippen LogP contribution is -2.30. The fraction of sp³-hybridized carbons (Fsp3) is 0.538. The molecule has 0 aliphatic heterocycles. The van der Waals surface area contributed by atoms with E-state index in [-0.39, 0.29) is 0 Å². The molecule has 2 aromatic heterocycles. The zero-order chi connectivity index (χ0) is 13.3. The minimum absolute atomic E-state index is 0.349. The largest absolute Gasteiger partial charge is 0.368 e. The normalized spacial score (nSPS) is 17.9. The molecule has 0 saturated heterocycles. The fourth-order valence-electron chi connectivity index (χ4n) is 2.72. The number of fused-ring (bicyclic) bond motifs is 1. The van der Waals surface area contributed by atoms with Crippen LogP contribution in [-0.4, -0.2) is 27.5 Å². The molecule has 0 bridgehead atoms. The zero-order valence-electron chi connectivity index (χ0n) is 11.0. The highest BCUT2D eigenvalue weighted by Gasteiger charge is 2.32. The number of hydrogen-bond acceptors (Lipinski definition) is 6. The summed E-state index contributed by atoms with van der Waals surface area (Å²) in [4.78, 5) is 9.56. The molecular formula is C13H18N4S2. The van der Waals surface area contributed by atoms with Gasteiger partial charge in [-0.3, -0.25) is 0 Å². The van der Waals surface area contributed by atoms with E-state index in [0.29, 0.717) is 10.7 Å². The van der Waals surface area contributed by atoms with Crippen LogP contribution in [-0.2, 0) is 0 Å². The quantitative estimate of drug-likeness (QED) is 0.905. The topological polar surface area (TPSA) is 63.8 Å². The summed E-state index contributed by atoms with van der Waals surface area (Å²) in [6.07, 6.45) is 7.45. The second-order valence-electron chi connectivity index (χ2n) is 5.02. The third-order valence-electron chi connectivity index (χ3n) is 3.87. The van der Waals surface area contributed by atoms with E-state index in [9.17, 15) is 0 Å². The predicted octanol–water partition coefficient (Wildman–Crippen LogP) is 3.36. The van der Waals surface area contributed by atoms with Crippen molar-refractivity contribution < 1.29 is 0 Å². The van der Waals surface area contributed by atoms with Crippen LogP contribution in [0, 0.1) is 0 Å². The Morgan fingerprint density at radius 1 is 1.42 bits per heavy atom. The second kappa shape index (κ2) is 5.17. The third-order valence-corrected chi connectivity index (χ3v) is 6.09. The number of nitrogens with one attached hydrogen (secondary N) is 1. The molecule has 102 valence electrons. The summed E-state index contributed by atoms with van der Waals surface area (Å²) in [5, 5.41) is 6.61. The Kier molecular flexibility index (Phi) is 3.54. The highest BCUT2D eigenvalue weighted by Crippen LogP contribution is 2.40. The lowest BCUT2D eigenvalue weighted by Gasteiger charge is -2.27. The van der Waals surface area contributed by atoms with Gasteiger partial charge in [0.15, 0.2) is 0 Å². The first kappa shape index (κ1) is 13.0. The van der Waals surface area contributed by atoms with Crippen LogP contribution in [0.1, 0.15) is 25.7 Å². The summed E-state index contributed by atoms with van der Waals surface area (Å²) in [7, 11) is 0. The molecule has 0 radical (unpaired) electrons. The molecule has 3 rings (SSSR count). The maximum Gasteiger partial charge on any atom is 0.223 e. The number of rotatable bonds is 4. The van der Waals surface area contributed by atoms with Crippen molar-refractivity contribution in [1.29, 1.82) is 0 Å². The number of hydrogen-bond donors (Lipinski definition) is 2. The van der Waals surface area contributed by atoms with Crippen molar-refractivity contribution in [3.05, 3.63) is 11.4 Å². The first-order valence-corrected chi connectivity index (χ1v) is 8.63. The van der Waals surface area contributed by atoms with Crippen molar-refractivity contribution in [1.82, 2.24) is 9.97 Å². The van der Waals surface area contributed by atoms with Crippen LogP contribution in [0.5, 0.6) is 0 Å². The van der Waals surface area contributed by atoms with Crippen molar-refractivity contribution in [2.75, 3.05) is 23.9 Å². The molecule has 2 aromatic rings. The Labute approximate surface area is 121 Å². The number of nitrogens with zero attached hydrogens (tertiary/aromatic N) is 2. The molecule has 19 heavy (non-hydrogen) atoms. The average Bonchev–Trinajstić information content (AvgIpc) is 3.05. The van der Waals surface area contributed by atoms with Crippen LogP contribution in [0.2, 0.25) is 0 Å². The van der Waals surface area contributed by atoms with Gasteiger partial charge in [0.1, 0.15) is 10.6 Å². The first-order chi connectivity index (χ1) is 9.22. The van der Waals surface area contributed by atoms with Gasteiger partial charge in [0.2, 0.25) is 5.95 Å². The maximum absolute atomic E-state index is 5.77. The monoisotopic (exact) mass is 294 g/mol. The highest BCUT2D eigenvalue weighted by atomic mass is 32.2. The Balaban J connectivity index is 1.83. The van der Waals surface area contributed by atoms with E-state index in [0.717, 1.165) is 22.6 Å². The molecule has 1 aliphatic carbocycles. The Bertz CT molecular complexity index is 575. The van der Waals surface area contributed by atoms with Gasteiger partial charge < -0.3 is 11.1 Å². The summed E-state index contributed by atoms with van der Waals surface area (Å²) in [5.74, 6) is 1.23. The molecule has 0 atom stereocenters. The van der Waals surface area contributed by atoms with Gasteiger partial charge in [-0.05, 0) is 30.5 Å². The van der Waals surface area contributed by atoms with Crippen LogP contribution in [0.3, 0.4) is 0 Å². The molecule has 1 fully saturated rings. The maximum atomic E-state index is 5.77. The molecule has 0 aromatic carbocycles. The molecule has 3 N–H and O–H groups in total. The standard InChI is InChI=1S/C13H18N4S2/c1-18-13(5-2-3-6-13)8-15-10-9-4-7-19-11(9)17-12(14)16-10/h4,7H,2-3,5-6,8H2,1H3,(H3,14,15,16,17). The summed E-state index contributed by atoms with van der Waals surface area (Å²) in [6.45, 7) is 0.954. The number of nitrogen functional groups attached to an aromatic ring is 1. The first-order valence-electron chi connectivity index (χ1n) is 6.52. The van der Waals surface area contributed by atoms with Gasteiger partial charge in [-0.15, -0.1) is 11.3 Å². The SMILES string of the molecule is CSC1(CNc2nc(N)nc3sccc23)CCCC1. The predicted molar refractivity (Wildman–Crippen MR) is 85.0 cm³/mol. The van der Waals surface area contributed by atoms with Crippen molar-refractivity contribution in [2.45, 2.75) is 30.4 Å². The van der Waals surface area contributed by atoms with Crippen molar-refractivity contribution in [3.8, 4) is 0 Å².